The van der Waals surface area contributed by atoms with Crippen molar-refractivity contribution in [3.63, 3.8) is 0 Å². The maximum atomic E-state index is 3.61. The molecule has 0 atom stereocenters. The zero-order chi connectivity index (χ0) is 20.9. The first-order valence-electron chi connectivity index (χ1n) is 10.2. The number of aryl methyl sites for hydroxylation is 3. The SMILES string of the molecule is Cc1ccc(Nc2cccc(Nc3ccc(C)cc3)c2Nc2ccc(C)cc2)cc1. The van der Waals surface area contributed by atoms with E-state index >= 15 is 0 Å². The zero-order valence-corrected chi connectivity index (χ0v) is 17.7. The second-order valence-electron chi connectivity index (χ2n) is 7.70. The summed E-state index contributed by atoms with van der Waals surface area (Å²) in [6, 6.07) is 31.6. The molecule has 0 spiro atoms. The molecule has 0 bridgehead atoms. The van der Waals surface area contributed by atoms with Gasteiger partial charge in [0, 0.05) is 17.1 Å². The van der Waals surface area contributed by atoms with Gasteiger partial charge in [0.2, 0.25) is 0 Å². The predicted octanol–water partition coefficient (Wildman–Crippen LogP) is 7.84. The van der Waals surface area contributed by atoms with Gasteiger partial charge in [0.15, 0.2) is 0 Å². The van der Waals surface area contributed by atoms with Gasteiger partial charge in [-0.25, -0.2) is 0 Å². The number of anilines is 6. The molecule has 30 heavy (non-hydrogen) atoms. The van der Waals surface area contributed by atoms with Crippen LogP contribution in [0.4, 0.5) is 34.1 Å². The highest BCUT2D eigenvalue weighted by atomic mass is 15.0. The number of hydrogen-bond donors (Lipinski definition) is 3. The molecule has 0 saturated carbocycles. The first kappa shape index (κ1) is 19.6. The van der Waals surface area contributed by atoms with E-state index in [1.165, 1.54) is 16.7 Å². The van der Waals surface area contributed by atoms with Crippen molar-refractivity contribution in [3.05, 3.63) is 108 Å². The van der Waals surface area contributed by atoms with Gasteiger partial charge in [-0.05, 0) is 69.3 Å². The number of para-hydroxylation sites is 1. The molecular formula is C27H27N3. The topological polar surface area (TPSA) is 36.1 Å². The van der Waals surface area contributed by atoms with E-state index in [2.05, 4.69) is 128 Å². The second kappa shape index (κ2) is 8.75. The number of hydrogen-bond acceptors (Lipinski definition) is 3. The van der Waals surface area contributed by atoms with Crippen molar-refractivity contribution in [1.29, 1.82) is 0 Å². The van der Waals surface area contributed by atoms with Crippen LogP contribution in [0, 0.1) is 20.8 Å². The molecule has 0 aliphatic rings. The Balaban J connectivity index is 1.71. The number of rotatable bonds is 6. The molecule has 0 aliphatic carbocycles. The van der Waals surface area contributed by atoms with Crippen molar-refractivity contribution < 1.29 is 0 Å². The van der Waals surface area contributed by atoms with E-state index in [-0.39, 0.29) is 0 Å². The van der Waals surface area contributed by atoms with Crippen LogP contribution in [0.2, 0.25) is 0 Å². The van der Waals surface area contributed by atoms with Gasteiger partial charge in [0.05, 0.1) is 17.1 Å². The second-order valence-corrected chi connectivity index (χ2v) is 7.70. The summed E-state index contributed by atoms with van der Waals surface area (Å²) in [7, 11) is 0. The predicted molar refractivity (Wildman–Crippen MR) is 130 cm³/mol. The molecule has 3 heteroatoms. The molecule has 0 radical (unpaired) electrons. The summed E-state index contributed by atoms with van der Waals surface area (Å²) in [4.78, 5) is 0. The molecule has 0 aromatic heterocycles. The van der Waals surface area contributed by atoms with E-state index in [0.29, 0.717) is 0 Å². The molecule has 4 aromatic carbocycles. The van der Waals surface area contributed by atoms with Crippen molar-refractivity contribution in [2.75, 3.05) is 16.0 Å². The van der Waals surface area contributed by atoms with Crippen LogP contribution in [-0.2, 0) is 0 Å². The summed E-state index contributed by atoms with van der Waals surface area (Å²) >= 11 is 0. The Morgan fingerprint density at radius 3 is 1.10 bits per heavy atom. The van der Waals surface area contributed by atoms with Crippen molar-refractivity contribution >= 4 is 34.1 Å². The summed E-state index contributed by atoms with van der Waals surface area (Å²) in [5, 5.41) is 10.7. The molecule has 0 saturated heterocycles. The Morgan fingerprint density at radius 2 is 0.733 bits per heavy atom. The summed E-state index contributed by atoms with van der Waals surface area (Å²) in [5.74, 6) is 0. The van der Waals surface area contributed by atoms with Gasteiger partial charge < -0.3 is 16.0 Å². The van der Waals surface area contributed by atoms with Crippen LogP contribution in [0.15, 0.2) is 91.0 Å². The van der Waals surface area contributed by atoms with Gasteiger partial charge >= 0.3 is 0 Å². The van der Waals surface area contributed by atoms with Crippen molar-refractivity contribution in [1.82, 2.24) is 0 Å². The lowest BCUT2D eigenvalue weighted by molar-refractivity contribution is 1.42. The van der Waals surface area contributed by atoms with Gasteiger partial charge in [-0.1, -0.05) is 59.2 Å². The Bertz CT molecular complexity index is 1050. The van der Waals surface area contributed by atoms with E-state index in [1.807, 2.05) is 0 Å². The first-order chi connectivity index (χ1) is 14.6. The standard InChI is InChI=1S/C27H27N3/c1-19-7-13-22(14-8-19)28-25-5-4-6-26(29-23-15-9-20(2)10-16-23)27(25)30-24-17-11-21(3)12-18-24/h4-18,28-30H,1-3H3. The largest absolute Gasteiger partial charge is 0.354 e. The highest BCUT2D eigenvalue weighted by molar-refractivity contribution is 5.90. The minimum atomic E-state index is 1.00. The van der Waals surface area contributed by atoms with Gasteiger partial charge in [-0.3, -0.25) is 0 Å². The normalized spacial score (nSPS) is 10.5. The van der Waals surface area contributed by atoms with Crippen LogP contribution in [0.5, 0.6) is 0 Å². The highest BCUT2D eigenvalue weighted by Crippen LogP contribution is 2.37. The first-order valence-corrected chi connectivity index (χ1v) is 10.2. The van der Waals surface area contributed by atoms with Crippen LogP contribution >= 0.6 is 0 Å². The van der Waals surface area contributed by atoms with Gasteiger partial charge in [-0.15, -0.1) is 0 Å². The molecule has 0 aliphatic heterocycles. The van der Waals surface area contributed by atoms with Crippen LogP contribution in [0.25, 0.3) is 0 Å². The molecule has 0 amide bonds. The average molecular weight is 394 g/mol. The minimum Gasteiger partial charge on any atom is -0.354 e. The third-order valence-corrected chi connectivity index (χ3v) is 5.05. The van der Waals surface area contributed by atoms with Crippen LogP contribution in [0.1, 0.15) is 16.7 Å². The van der Waals surface area contributed by atoms with Crippen molar-refractivity contribution in [2.45, 2.75) is 20.8 Å². The lowest BCUT2D eigenvalue weighted by Crippen LogP contribution is -2.02. The third kappa shape index (κ3) is 4.81. The zero-order valence-electron chi connectivity index (χ0n) is 17.7. The Hall–Kier alpha value is -3.72. The third-order valence-electron chi connectivity index (χ3n) is 5.05. The molecule has 3 N–H and O–H groups in total. The summed E-state index contributed by atoms with van der Waals surface area (Å²) in [5.41, 5.74) is 9.91. The smallest absolute Gasteiger partial charge is 0.0862 e. The van der Waals surface area contributed by atoms with Crippen LogP contribution in [0.3, 0.4) is 0 Å². The van der Waals surface area contributed by atoms with Crippen molar-refractivity contribution in [2.24, 2.45) is 0 Å². The van der Waals surface area contributed by atoms with E-state index in [9.17, 15) is 0 Å². The molecule has 4 rings (SSSR count). The van der Waals surface area contributed by atoms with Gasteiger partial charge in [0.25, 0.3) is 0 Å². The molecule has 0 unspecified atom stereocenters. The fourth-order valence-electron chi connectivity index (χ4n) is 3.26. The fraction of sp³-hybridized carbons (Fsp3) is 0.111. The molecular weight excluding hydrogens is 366 g/mol. The molecule has 0 heterocycles. The van der Waals surface area contributed by atoms with E-state index in [0.717, 1.165) is 34.1 Å². The van der Waals surface area contributed by atoms with E-state index < -0.39 is 0 Å². The monoisotopic (exact) mass is 393 g/mol. The van der Waals surface area contributed by atoms with Crippen molar-refractivity contribution in [3.8, 4) is 0 Å². The van der Waals surface area contributed by atoms with Crippen LogP contribution in [-0.4, -0.2) is 0 Å². The molecule has 150 valence electrons. The lowest BCUT2D eigenvalue weighted by Gasteiger charge is -2.19. The number of benzene rings is 4. The molecule has 3 nitrogen and oxygen atoms in total. The maximum Gasteiger partial charge on any atom is 0.0862 e. The Labute approximate surface area is 178 Å². The van der Waals surface area contributed by atoms with E-state index in [4.69, 9.17) is 0 Å². The summed E-state index contributed by atoms with van der Waals surface area (Å²) in [6.45, 7) is 6.29. The van der Waals surface area contributed by atoms with Crippen LogP contribution < -0.4 is 16.0 Å². The molecule has 0 fully saturated rings. The molecule has 4 aromatic rings. The van der Waals surface area contributed by atoms with Gasteiger partial charge in [-0.2, -0.15) is 0 Å². The van der Waals surface area contributed by atoms with E-state index in [1.54, 1.807) is 0 Å². The summed E-state index contributed by atoms with van der Waals surface area (Å²) < 4.78 is 0. The maximum absolute atomic E-state index is 3.61. The average Bonchev–Trinajstić information content (AvgIpc) is 2.75. The number of nitrogens with one attached hydrogen (secondary N) is 3. The lowest BCUT2D eigenvalue weighted by atomic mass is 10.1. The minimum absolute atomic E-state index is 1.00. The van der Waals surface area contributed by atoms with Gasteiger partial charge in [0.1, 0.15) is 0 Å². The Kier molecular flexibility index (Phi) is 5.71. The highest BCUT2D eigenvalue weighted by Gasteiger charge is 2.10. The Morgan fingerprint density at radius 1 is 0.400 bits per heavy atom. The fourth-order valence-corrected chi connectivity index (χ4v) is 3.26. The quantitative estimate of drug-likeness (QED) is 0.312. The summed E-state index contributed by atoms with van der Waals surface area (Å²) in [6.07, 6.45) is 0.